The number of aromatic nitrogens is 3. The number of pyridine rings is 1. The maximum Gasteiger partial charge on any atom is 0.225 e. The quantitative estimate of drug-likeness (QED) is 0.701. The topological polar surface area (TPSA) is 62.7 Å². The number of fused-ring (bicyclic) bond motifs is 1. The smallest absolute Gasteiger partial charge is 0.225 e. The third-order valence-corrected chi connectivity index (χ3v) is 4.09. The molecule has 5 nitrogen and oxygen atoms in total. The maximum atomic E-state index is 6.17. The Hall–Kier alpha value is -1.92. The van der Waals surface area contributed by atoms with E-state index in [4.69, 9.17) is 11.6 Å². The van der Waals surface area contributed by atoms with Crippen LogP contribution in [0.2, 0.25) is 5.02 Å². The summed E-state index contributed by atoms with van der Waals surface area (Å²) in [5.74, 6) is 1.15. The number of nitrogens with one attached hydrogen (secondary N) is 2. The largest absolute Gasteiger partial charge is 0.357 e. The molecule has 0 amide bonds. The monoisotopic (exact) mass is 377 g/mol. The van der Waals surface area contributed by atoms with Gasteiger partial charge in [-0.25, -0.2) is 9.97 Å². The molecule has 0 unspecified atom stereocenters. The first-order valence-electron chi connectivity index (χ1n) is 6.61. The Bertz CT molecular complexity index is 853. The molecule has 3 aromatic rings. The standard InChI is InChI=1S/C15H13BrClN5/c1-8-10(17)4-3-5-11(8)20-14-13-12(6-9(16)7-19-13)21-15(18-2)22-14/h3-7H,1-2H3,(H2,18,20,21,22). The van der Waals surface area contributed by atoms with Gasteiger partial charge in [-0.15, -0.1) is 0 Å². The molecule has 2 aromatic heterocycles. The fourth-order valence-corrected chi connectivity index (χ4v) is 2.56. The van der Waals surface area contributed by atoms with Gasteiger partial charge in [-0.1, -0.05) is 17.7 Å². The van der Waals surface area contributed by atoms with E-state index in [0.717, 1.165) is 21.2 Å². The highest BCUT2D eigenvalue weighted by Crippen LogP contribution is 2.29. The summed E-state index contributed by atoms with van der Waals surface area (Å²) in [7, 11) is 1.78. The SMILES string of the molecule is CNc1nc(Nc2cccc(Cl)c2C)c2ncc(Br)cc2n1. The maximum absolute atomic E-state index is 6.17. The number of rotatable bonds is 3. The normalized spacial score (nSPS) is 10.7. The number of hydrogen-bond donors (Lipinski definition) is 2. The third kappa shape index (κ3) is 2.84. The average molecular weight is 379 g/mol. The lowest BCUT2D eigenvalue weighted by Crippen LogP contribution is -2.03. The molecule has 3 rings (SSSR count). The van der Waals surface area contributed by atoms with E-state index in [9.17, 15) is 0 Å². The van der Waals surface area contributed by atoms with Gasteiger partial charge in [-0.2, -0.15) is 4.98 Å². The molecule has 7 heteroatoms. The van der Waals surface area contributed by atoms with Crippen molar-refractivity contribution >= 4 is 56.0 Å². The van der Waals surface area contributed by atoms with Crippen molar-refractivity contribution in [1.82, 2.24) is 15.0 Å². The first-order chi connectivity index (χ1) is 10.6. The van der Waals surface area contributed by atoms with Crippen molar-refractivity contribution in [3.8, 4) is 0 Å². The summed E-state index contributed by atoms with van der Waals surface area (Å²) in [6.45, 7) is 1.96. The molecule has 0 saturated heterocycles. The molecule has 0 bridgehead atoms. The predicted molar refractivity (Wildman–Crippen MR) is 94.1 cm³/mol. The molecule has 112 valence electrons. The van der Waals surface area contributed by atoms with Gasteiger partial charge in [0.2, 0.25) is 5.95 Å². The predicted octanol–water partition coefficient (Wildman–Crippen LogP) is 4.53. The van der Waals surface area contributed by atoms with Crippen molar-refractivity contribution in [3.63, 3.8) is 0 Å². The van der Waals surface area contributed by atoms with E-state index < -0.39 is 0 Å². The van der Waals surface area contributed by atoms with Crippen LogP contribution >= 0.6 is 27.5 Å². The van der Waals surface area contributed by atoms with Gasteiger partial charge in [-0.05, 0) is 46.6 Å². The highest BCUT2D eigenvalue weighted by molar-refractivity contribution is 9.10. The van der Waals surface area contributed by atoms with Crippen LogP contribution in [0.4, 0.5) is 17.5 Å². The Morgan fingerprint density at radius 3 is 2.82 bits per heavy atom. The number of halogens is 2. The summed E-state index contributed by atoms with van der Waals surface area (Å²) in [6, 6.07) is 7.60. The number of benzene rings is 1. The zero-order chi connectivity index (χ0) is 15.7. The first-order valence-corrected chi connectivity index (χ1v) is 7.79. The second-order valence-corrected chi connectivity index (χ2v) is 6.03. The van der Waals surface area contributed by atoms with Crippen LogP contribution in [0.5, 0.6) is 0 Å². The van der Waals surface area contributed by atoms with E-state index >= 15 is 0 Å². The van der Waals surface area contributed by atoms with Crippen LogP contribution in [0.1, 0.15) is 5.56 Å². The fourth-order valence-electron chi connectivity index (χ4n) is 2.06. The minimum absolute atomic E-state index is 0.523. The van der Waals surface area contributed by atoms with Gasteiger partial charge in [0.1, 0.15) is 5.52 Å². The van der Waals surface area contributed by atoms with Crippen molar-refractivity contribution in [1.29, 1.82) is 0 Å². The van der Waals surface area contributed by atoms with E-state index in [1.807, 2.05) is 31.2 Å². The van der Waals surface area contributed by atoms with E-state index in [1.54, 1.807) is 13.2 Å². The van der Waals surface area contributed by atoms with Crippen LogP contribution in [0.15, 0.2) is 34.9 Å². The van der Waals surface area contributed by atoms with Crippen LogP contribution in [0.3, 0.4) is 0 Å². The van der Waals surface area contributed by atoms with E-state index in [0.29, 0.717) is 22.3 Å². The van der Waals surface area contributed by atoms with Crippen molar-refractivity contribution < 1.29 is 0 Å². The minimum atomic E-state index is 0.523. The second-order valence-electron chi connectivity index (χ2n) is 4.70. The molecule has 2 heterocycles. The Morgan fingerprint density at radius 1 is 1.23 bits per heavy atom. The molecule has 2 N–H and O–H groups in total. The molecule has 0 spiro atoms. The second kappa shape index (κ2) is 6.06. The van der Waals surface area contributed by atoms with Crippen LogP contribution in [0, 0.1) is 6.92 Å². The molecule has 0 aliphatic heterocycles. The van der Waals surface area contributed by atoms with E-state index in [-0.39, 0.29) is 0 Å². The Morgan fingerprint density at radius 2 is 2.05 bits per heavy atom. The summed E-state index contributed by atoms with van der Waals surface area (Å²) in [5.41, 5.74) is 3.29. The molecule has 22 heavy (non-hydrogen) atoms. The highest BCUT2D eigenvalue weighted by atomic mass is 79.9. The van der Waals surface area contributed by atoms with Crippen molar-refractivity contribution in [2.24, 2.45) is 0 Å². The summed E-state index contributed by atoms with van der Waals surface area (Å²) in [5, 5.41) is 6.96. The number of anilines is 3. The molecule has 0 atom stereocenters. The van der Waals surface area contributed by atoms with Crippen LogP contribution in [-0.2, 0) is 0 Å². The lowest BCUT2D eigenvalue weighted by atomic mass is 10.2. The Balaban J connectivity index is 2.15. The molecule has 0 aliphatic carbocycles. The Kier molecular flexibility index (Phi) is 4.13. The summed E-state index contributed by atoms with van der Waals surface area (Å²) in [4.78, 5) is 13.3. The number of nitrogens with zero attached hydrogens (tertiary/aromatic N) is 3. The summed E-state index contributed by atoms with van der Waals surface area (Å²) in [6.07, 6.45) is 1.72. The van der Waals surface area contributed by atoms with E-state index in [1.165, 1.54) is 0 Å². The van der Waals surface area contributed by atoms with Crippen LogP contribution < -0.4 is 10.6 Å². The minimum Gasteiger partial charge on any atom is -0.357 e. The third-order valence-electron chi connectivity index (χ3n) is 3.25. The molecule has 1 aromatic carbocycles. The van der Waals surface area contributed by atoms with Gasteiger partial charge < -0.3 is 10.6 Å². The first kappa shape index (κ1) is 15.0. The van der Waals surface area contributed by atoms with Crippen molar-refractivity contribution in [2.75, 3.05) is 17.7 Å². The zero-order valence-corrected chi connectivity index (χ0v) is 14.3. The van der Waals surface area contributed by atoms with Gasteiger partial charge in [0, 0.05) is 28.4 Å². The average Bonchev–Trinajstić information content (AvgIpc) is 2.51. The lowest BCUT2D eigenvalue weighted by molar-refractivity contribution is 1.17. The molecule has 0 aliphatic rings. The Labute approximate surface area is 141 Å². The van der Waals surface area contributed by atoms with Gasteiger partial charge in [0.05, 0.1) is 5.52 Å². The lowest BCUT2D eigenvalue weighted by Gasteiger charge is -2.12. The van der Waals surface area contributed by atoms with Gasteiger partial charge >= 0.3 is 0 Å². The summed E-state index contributed by atoms with van der Waals surface area (Å²) < 4.78 is 0.866. The molecular formula is C15H13BrClN5. The van der Waals surface area contributed by atoms with Crippen molar-refractivity contribution in [2.45, 2.75) is 6.92 Å². The molecule has 0 fully saturated rings. The molecular weight excluding hydrogens is 366 g/mol. The van der Waals surface area contributed by atoms with Crippen LogP contribution in [0.25, 0.3) is 11.0 Å². The summed E-state index contributed by atoms with van der Waals surface area (Å²) >= 11 is 9.58. The van der Waals surface area contributed by atoms with Crippen LogP contribution in [-0.4, -0.2) is 22.0 Å². The number of hydrogen-bond acceptors (Lipinski definition) is 5. The van der Waals surface area contributed by atoms with E-state index in [2.05, 4.69) is 41.5 Å². The van der Waals surface area contributed by atoms with Gasteiger partial charge in [0.15, 0.2) is 5.82 Å². The molecule has 0 radical (unpaired) electrons. The fraction of sp³-hybridized carbons (Fsp3) is 0.133. The van der Waals surface area contributed by atoms with Gasteiger partial charge in [-0.3, -0.25) is 0 Å². The zero-order valence-electron chi connectivity index (χ0n) is 12.0. The van der Waals surface area contributed by atoms with Crippen molar-refractivity contribution in [3.05, 3.63) is 45.5 Å². The molecule has 0 saturated carbocycles. The highest BCUT2D eigenvalue weighted by Gasteiger charge is 2.11. The van der Waals surface area contributed by atoms with Gasteiger partial charge in [0.25, 0.3) is 0 Å².